The highest BCUT2D eigenvalue weighted by atomic mass is 16.5. The van der Waals surface area contributed by atoms with E-state index in [1.807, 2.05) is 0 Å². The van der Waals surface area contributed by atoms with Crippen LogP contribution in [0.2, 0.25) is 0 Å². The molecule has 0 unspecified atom stereocenters. The van der Waals surface area contributed by atoms with Crippen LogP contribution in [0.3, 0.4) is 0 Å². The number of benzene rings is 4. The Hall–Kier alpha value is -5.38. The number of hydrogen-bond donors (Lipinski definition) is 6. The molecule has 202 valence electrons. The molecule has 0 fully saturated rings. The SMILES string of the molecule is O=C1C[C@H](c2ccc(O)c(-c3ccc(O)c4c3O[C@H](c3ccc(O)c(O)c3)CC4=O)c2)Oc2cc(O)cc(O)c21. The summed E-state index contributed by atoms with van der Waals surface area (Å²) in [5, 5.41) is 60.9. The molecule has 4 aromatic carbocycles. The Morgan fingerprint density at radius 3 is 1.90 bits per heavy atom. The average Bonchev–Trinajstić information content (AvgIpc) is 2.90. The lowest BCUT2D eigenvalue weighted by Gasteiger charge is -2.29. The van der Waals surface area contributed by atoms with Crippen molar-refractivity contribution >= 4 is 11.6 Å². The highest BCUT2D eigenvalue weighted by Crippen LogP contribution is 2.49. The van der Waals surface area contributed by atoms with E-state index in [0.717, 1.165) is 6.07 Å². The lowest BCUT2D eigenvalue weighted by atomic mass is 9.89. The Morgan fingerprint density at radius 1 is 0.550 bits per heavy atom. The zero-order valence-electron chi connectivity index (χ0n) is 20.7. The molecule has 10 nitrogen and oxygen atoms in total. The molecule has 0 bridgehead atoms. The summed E-state index contributed by atoms with van der Waals surface area (Å²) in [6, 6.07) is 13.7. The van der Waals surface area contributed by atoms with Crippen molar-refractivity contribution in [2.24, 2.45) is 0 Å². The molecule has 2 aliphatic heterocycles. The molecule has 0 amide bonds. The zero-order valence-corrected chi connectivity index (χ0v) is 20.7. The van der Waals surface area contributed by atoms with Crippen LogP contribution in [0.1, 0.15) is 56.9 Å². The van der Waals surface area contributed by atoms with E-state index in [4.69, 9.17) is 9.47 Å². The summed E-state index contributed by atoms with van der Waals surface area (Å²) in [5.74, 6) is -2.64. The van der Waals surface area contributed by atoms with E-state index >= 15 is 0 Å². The van der Waals surface area contributed by atoms with Gasteiger partial charge in [0, 0.05) is 23.3 Å². The first-order valence-electron chi connectivity index (χ1n) is 12.3. The molecule has 0 saturated heterocycles. The van der Waals surface area contributed by atoms with Crippen LogP contribution in [0.15, 0.2) is 60.7 Å². The van der Waals surface area contributed by atoms with Gasteiger partial charge in [0.2, 0.25) is 0 Å². The number of hydrogen-bond acceptors (Lipinski definition) is 10. The fourth-order valence-electron chi connectivity index (χ4n) is 5.14. The van der Waals surface area contributed by atoms with E-state index in [0.29, 0.717) is 11.1 Å². The topological polar surface area (TPSA) is 174 Å². The van der Waals surface area contributed by atoms with Gasteiger partial charge < -0.3 is 40.1 Å². The monoisotopic (exact) mass is 542 g/mol. The van der Waals surface area contributed by atoms with Crippen molar-refractivity contribution < 1.29 is 49.7 Å². The minimum absolute atomic E-state index is 0.0158. The molecule has 6 N–H and O–H groups in total. The molecule has 4 aromatic rings. The summed E-state index contributed by atoms with van der Waals surface area (Å²) < 4.78 is 12.1. The fourth-order valence-corrected chi connectivity index (χ4v) is 5.14. The summed E-state index contributed by atoms with van der Waals surface area (Å²) in [7, 11) is 0. The van der Waals surface area contributed by atoms with Gasteiger partial charge in [0.05, 0.1) is 12.8 Å². The molecule has 0 aromatic heterocycles. The first-order valence-corrected chi connectivity index (χ1v) is 12.3. The second-order valence-corrected chi connectivity index (χ2v) is 9.67. The highest BCUT2D eigenvalue weighted by Gasteiger charge is 2.35. The Balaban J connectivity index is 1.42. The summed E-state index contributed by atoms with van der Waals surface area (Å²) >= 11 is 0. The number of aromatic hydroxyl groups is 6. The number of fused-ring (bicyclic) bond motifs is 2. The van der Waals surface area contributed by atoms with Crippen molar-refractivity contribution in [3.05, 3.63) is 82.9 Å². The van der Waals surface area contributed by atoms with Gasteiger partial charge in [-0.25, -0.2) is 0 Å². The van der Waals surface area contributed by atoms with Gasteiger partial charge in [-0.05, 0) is 47.5 Å². The Bertz CT molecular complexity index is 1720. The molecule has 0 spiro atoms. The standard InChI is InChI=1S/C30H22O10/c31-15-9-22(36)28-23(37)11-25(39-27(28)10-15)13-1-4-18(32)17(7-13)16-3-6-20(34)29-24(38)12-26(40-30(16)29)14-2-5-19(33)21(35)8-14/h1-10,25-26,31-36H,11-12H2/t25-,26+/m1/s1. The van der Waals surface area contributed by atoms with E-state index in [1.165, 1.54) is 42.5 Å². The number of carbonyl (C=O) groups is 2. The van der Waals surface area contributed by atoms with Crippen LogP contribution in [0.4, 0.5) is 0 Å². The minimum atomic E-state index is -0.853. The maximum Gasteiger partial charge on any atom is 0.174 e. The van der Waals surface area contributed by atoms with E-state index in [9.17, 15) is 40.2 Å². The van der Waals surface area contributed by atoms with Crippen molar-refractivity contribution in [3.8, 4) is 57.1 Å². The normalized spacial score (nSPS) is 17.9. The quantitative estimate of drug-likeness (QED) is 0.193. The molecule has 40 heavy (non-hydrogen) atoms. The molecule has 6 rings (SSSR count). The molecule has 0 saturated carbocycles. The average molecular weight is 542 g/mol. The van der Waals surface area contributed by atoms with Crippen LogP contribution in [0.5, 0.6) is 46.0 Å². The van der Waals surface area contributed by atoms with Crippen molar-refractivity contribution in [2.45, 2.75) is 25.0 Å². The van der Waals surface area contributed by atoms with Gasteiger partial charge in [-0.15, -0.1) is 0 Å². The van der Waals surface area contributed by atoms with Gasteiger partial charge >= 0.3 is 0 Å². The molecule has 2 atom stereocenters. The maximum absolute atomic E-state index is 13.1. The van der Waals surface area contributed by atoms with Crippen LogP contribution in [-0.4, -0.2) is 42.2 Å². The van der Waals surface area contributed by atoms with Crippen LogP contribution >= 0.6 is 0 Å². The van der Waals surface area contributed by atoms with Crippen LogP contribution < -0.4 is 9.47 Å². The number of ether oxygens (including phenoxy) is 2. The third kappa shape index (κ3) is 4.06. The van der Waals surface area contributed by atoms with Crippen molar-refractivity contribution in [3.63, 3.8) is 0 Å². The first kappa shape index (κ1) is 24.9. The van der Waals surface area contributed by atoms with Crippen LogP contribution in [-0.2, 0) is 0 Å². The number of carbonyl (C=O) groups excluding carboxylic acids is 2. The number of Topliss-reactive ketones (excluding diaryl/α,β-unsaturated/α-hetero) is 2. The Labute approximate surface area is 226 Å². The van der Waals surface area contributed by atoms with Crippen molar-refractivity contribution in [1.82, 2.24) is 0 Å². The van der Waals surface area contributed by atoms with Crippen LogP contribution in [0.25, 0.3) is 11.1 Å². The van der Waals surface area contributed by atoms with Gasteiger partial charge in [0.15, 0.2) is 23.1 Å². The highest BCUT2D eigenvalue weighted by molar-refractivity contribution is 6.05. The molecule has 0 aliphatic carbocycles. The van der Waals surface area contributed by atoms with Gasteiger partial charge in [0.1, 0.15) is 57.8 Å². The van der Waals surface area contributed by atoms with Gasteiger partial charge in [-0.1, -0.05) is 12.1 Å². The number of rotatable bonds is 3. The summed E-state index contributed by atoms with van der Waals surface area (Å²) in [6.45, 7) is 0. The van der Waals surface area contributed by atoms with Gasteiger partial charge in [-0.3, -0.25) is 9.59 Å². The van der Waals surface area contributed by atoms with Crippen molar-refractivity contribution in [1.29, 1.82) is 0 Å². The van der Waals surface area contributed by atoms with Gasteiger partial charge in [0.25, 0.3) is 0 Å². The third-order valence-corrected chi connectivity index (χ3v) is 7.08. The fraction of sp³-hybridized carbons (Fsp3) is 0.133. The summed E-state index contributed by atoms with van der Waals surface area (Å²) in [6.07, 6.45) is -1.93. The second kappa shape index (κ2) is 9.12. The summed E-state index contributed by atoms with van der Waals surface area (Å²) in [4.78, 5) is 25.9. The zero-order chi connectivity index (χ0) is 28.3. The lowest BCUT2D eigenvalue weighted by molar-refractivity contribution is 0.0834. The Morgan fingerprint density at radius 2 is 1.18 bits per heavy atom. The van der Waals surface area contributed by atoms with E-state index in [-0.39, 0.29) is 81.1 Å². The molecule has 0 radical (unpaired) electrons. The molecule has 2 aliphatic rings. The minimum Gasteiger partial charge on any atom is -0.508 e. The summed E-state index contributed by atoms with van der Waals surface area (Å²) in [5.41, 5.74) is 1.33. The predicted molar refractivity (Wildman–Crippen MR) is 139 cm³/mol. The second-order valence-electron chi connectivity index (χ2n) is 9.67. The van der Waals surface area contributed by atoms with E-state index < -0.39 is 23.8 Å². The number of phenols is 6. The number of ketones is 2. The van der Waals surface area contributed by atoms with Gasteiger partial charge in [-0.2, -0.15) is 0 Å². The van der Waals surface area contributed by atoms with E-state index in [2.05, 4.69) is 0 Å². The third-order valence-electron chi connectivity index (χ3n) is 7.08. The molecular weight excluding hydrogens is 520 g/mol. The van der Waals surface area contributed by atoms with Crippen LogP contribution in [0, 0.1) is 0 Å². The molecular formula is C30H22O10. The molecule has 2 heterocycles. The molecule has 10 heteroatoms. The smallest absolute Gasteiger partial charge is 0.174 e. The largest absolute Gasteiger partial charge is 0.508 e. The predicted octanol–water partition coefficient (Wildman–Crippen LogP) is 5.00. The Kier molecular flexibility index (Phi) is 5.69. The first-order chi connectivity index (χ1) is 19.1. The number of phenolic OH excluding ortho intramolecular Hbond substituents is 6. The van der Waals surface area contributed by atoms with Crippen molar-refractivity contribution in [2.75, 3.05) is 0 Å². The lowest BCUT2D eigenvalue weighted by Crippen LogP contribution is -2.21. The maximum atomic E-state index is 13.1. The van der Waals surface area contributed by atoms with E-state index in [1.54, 1.807) is 12.1 Å².